The van der Waals surface area contributed by atoms with Crippen molar-refractivity contribution in [1.29, 1.82) is 5.26 Å². The van der Waals surface area contributed by atoms with Crippen molar-refractivity contribution in [3.8, 4) is 6.07 Å². The lowest BCUT2D eigenvalue weighted by atomic mass is 10.1. The molecule has 90 valence electrons. The Balaban J connectivity index is 2.39. The summed E-state index contributed by atoms with van der Waals surface area (Å²) in [5.74, 6) is -2.04. The van der Waals surface area contributed by atoms with Crippen LogP contribution in [0.4, 0.5) is 8.78 Å². The number of carbonyl (C=O) groups is 1. The van der Waals surface area contributed by atoms with Gasteiger partial charge in [0.2, 0.25) is 6.43 Å². The fraction of sp³-hybridized carbons (Fsp3) is 0.800. The van der Waals surface area contributed by atoms with Gasteiger partial charge in [-0.3, -0.25) is 4.79 Å². The Kier molecular flexibility index (Phi) is 4.19. The van der Waals surface area contributed by atoms with Crippen LogP contribution >= 0.6 is 0 Å². The number of halogens is 2. The van der Waals surface area contributed by atoms with Gasteiger partial charge in [0.25, 0.3) is 0 Å². The van der Waals surface area contributed by atoms with Crippen LogP contribution in [0.5, 0.6) is 0 Å². The molecule has 0 unspecified atom stereocenters. The van der Waals surface area contributed by atoms with E-state index in [1.54, 1.807) is 13.0 Å². The molecule has 6 heteroatoms. The Hall–Kier alpha value is -1.22. The lowest BCUT2D eigenvalue weighted by Crippen LogP contribution is -2.23. The zero-order valence-electron chi connectivity index (χ0n) is 8.91. The molecular formula is C10H13F2NO3. The van der Waals surface area contributed by atoms with Crippen LogP contribution in [0.15, 0.2) is 0 Å². The first-order valence-electron chi connectivity index (χ1n) is 5.03. The standard InChI is InChI=1S/C10H13F2NO3/c1-2-15-3-4-16-9(14)10(6-13)5-7(10)8(11)12/h7-8H,2-5H2,1H3/t7-,10-/m0/s1. The summed E-state index contributed by atoms with van der Waals surface area (Å²) in [5.41, 5.74) is -1.62. The van der Waals surface area contributed by atoms with E-state index in [4.69, 9.17) is 14.7 Å². The summed E-state index contributed by atoms with van der Waals surface area (Å²) >= 11 is 0. The van der Waals surface area contributed by atoms with E-state index in [-0.39, 0.29) is 19.6 Å². The number of nitriles is 1. The molecule has 0 aromatic rings. The lowest BCUT2D eigenvalue weighted by molar-refractivity contribution is -0.150. The van der Waals surface area contributed by atoms with Crippen LogP contribution < -0.4 is 0 Å². The van der Waals surface area contributed by atoms with Gasteiger partial charge in [-0.15, -0.1) is 0 Å². The molecule has 0 aliphatic heterocycles. The molecule has 1 aliphatic rings. The molecule has 0 aromatic heterocycles. The minimum absolute atomic E-state index is 0.00788. The minimum atomic E-state index is -2.65. The van der Waals surface area contributed by atoms with Gasteiger partial charge in [0.05, 0.1) is 18.6 Å². The summed E-state index contributed by atoms with van der Waals surface area (Å²) in [6, 6.07) is 1.63. The molecule has 1 fully saturated rings. The third-order valence-electron chi connectivity index (χ3n) is 2.55. The van der Waals surface area contributed by atoms with E-state index < -0.39 is 23.7 Å². The number of hydrogen-bond donors (Lipinski definition) is 0. The smallest absolute Gasteiger partial charge is 0.327 e. The molecule has 0 saturated heterocycles. The summed E-state index contributed by atoms with van der Waals surface area (Å²) in [6.07, 6.45) is -2.77. The Morgan fingerprint density at radius 1 is 1.62 bits per heavy atom. The summed E-state index contributed by atoms with van der Waals surface area (Å²) in [7, 11) is 0. The largest absolute Gasteiger partial charge is 0.462 e. The Morgan fingerprint density at radius 2 is 2.31 bits per heavy atom. The zero-order chi connectivity index (χ0) is 12.2. The number of hydrogen-bond acceptors (Lipinski definition) is 4. The number of alkyl halides is 2. The molecule has 0 amide bonds. The number of carbonyl (C=O) groups excluding carboxylic acids is 1. The number of nitrogens with zero attached hydrogens (tertiary/aromatic N) is 1. The quantitative estimate of drug-likeness (QED) is 0.513. The molecule has 0 heterocycles. The van der Waals surface area contributed by atoms with Crippen LogP contribution in [0.25, 0.3) is 0 Å². The van der Waals surface area contributed by atoms with Gasteiger partial charge in [0.1, 0.15) is 6.61 Å². The van der Waals surface area contributed by atoms with Gasteiger partial charge in [-0.2, -0.15) is 5.26 Å². The molecule has 1 aliphatic carbocycles. The van der Waals surface area contributed by atoms with E-state index in [1.807, 2.05) is 0 Å². The molecule has 0 bridgehead atoms. The predicted molar refractivity (Wildman–Crippen MR) is 49.6 cm³/mol. The normalized spacial score (nSPS) is 27.6. The second kappa shape index (κ2) is 5.21. The van der Waals surface area contributed by atoms with Gasteiger partial charge in [-0.25, -0.2) is 8.78 Å². The fourth-order valence-electron chi connectivity index (χ4n) is 1.47. The van der Waals surface area contributed by atoms with Crippen LogP contribution in [-0.2, 0) is 14.3 Å². The number of ether oxygens (including phenoxy) is 2. The monoisotopic (exact) mass is 233 g/mol. The second-order valence-corrected chi connectivity index (χ2v) is 3.56. The van der Waals surface area contributed by atoms with E-state index in [1.165, 1.54) is 0 Å². The summed E-state index contributed by atoms with van der Waals surface area (Å²) in [5, 5.41) is 8.73. The van der Waals surface area contributed by atoms with Gasteiger partial charge < -0.3 is 9.47 Å². The molecule has 1 rings (SSSR count). The molecule has 0 spiro atoms. The Morgan fingerprint density at radius 3 is 2.75 bits per heavy atom. The average Bonchev–Trinajstić information content (AvgIpc) is 3.00. The SMILES string of the molecule is CCOCCOC(=O)[C@]1(C#N)C[C@H]1C(F)F. The van der Waals surface area contributed by atoms with Crippen molar-refractivity contribution in [3.63, 3.8) is 0 Å². The Labute approximate surface area is 92.1 Å². The zero-order valence-corrected chi connectivity index (χ0v) is 8.91. The van der Waals surface area contributed by atoms with Crippen molar-refractivity contribution in [2.24, 2.45) is 11.3 Å². The van der Waals surface area contributed by atoms with Gasteiger partial charge in [0, 0.05) is 6.61 Å². The van der Waals surface area contributed by atoms with Crippen LogP contribution in [0, 0.1) is 22.7 Å². The van der Waals surface area contributed by atoms with Gasteiger partial charge >= 0.3 is 5.97 Å². The molecule has 16 heavy (non-hydrogen) atoms. The molecule has 2 atom stereocenters. The predicted octanol–water partition coefficient (Wildman–Crippen LogP) is 1.36. The van der Waals surface area contributed by atoms with Gasteiger partial charge in [0.15, 0.2) is 5.41 Å². The van der Waals surface area contributed by atoms with Crippen molar-refractivity contribution in [1.82, 2.24) is 0 Å². The molecule has 0 N–H and O–H groups in total. The number of rotatable bonds is 6. The highest BCUT2D eigenvalue weighted by atomic mass is 19.3. The lowest BCUT2D eigenvalue weighted by Gasteiger charge is -2.09. The van der Waals surface area contributed by atoms with Crippen LogP contribution in [-0.4, -0.2) is 32.2 Å². The van der Waals surface area contributed by atoms with E-state index in [9.17, 15) is 13.6 Å². The third-order valence-corrected chi connectivity index (χ3v) is 2.55. The third kappa shape index (κ3) is 2.47. The maximum absolute atomic E-state index is 12.3. The maximum atomic E-state index is 12.3. The topological polar surface area (TPSA) is 59.3 Å². The second-order valence-electron chi connectivity index (χ2n) is 3.56. The van der Waals surface area contributed by atoms with E-state index in [2.05, 4.69) is 0 Å². The fourth-order valence-corrected chi connectivity index (χ4v) is 1.47. The summed E-state index contributed by atoms with van der Waals surface area (Å²) in [4.78, 5) is 11.4. The first-order valence-corrected chi connectivity index (χ1v) is 5.03. The highest BCUT2D eigenvalue weighted by Crippen LogP contribution is 2.56. The van der Waals surface area contributed by atoms with Crippen molar-refractivity contribution in [2.75, 3.05) is 19.8 Å². The van der Waals surface area contributed by atoms with Crippen molar-refractivity contribution < 1.29 is 23.0 Å². The van der Waals surface area contributed by atoms with E-state index >= 15 is 0 Å². The highest BCUT2D eigenvalue weighted by Gasteiger charge is 2.66. The van der Waals surface area contributed by atoms with E-state index in [0.717, 1.165) is 0 Å². The molecule has 1 saturated carbocycles. The first kappa shape index (κ1) is 12.8. The first-order chi connectivity index (χ1) is 7.58. The molecule has 0 radical (unpaired) electrons. The maximum Gasteiger partial charge on any atom is 0.327 e. The van der Waals surface area contributed by atoms with Crippen LogP contribution in [0.3, 0.4) is 0 Å². The summed E-state index contributed by atoms with van der Waals surface area (Å²) in [6.45, 7) is 2.47. The van der Waals surface area contributed by atoms with Gasteiger partial charge in [-0.05, 0) is 13.3 Å². The highest BCUT2D eigenvalue weighted by molar-refractivity contribution is 5.84. The van der Waals surface area contributed by atoms with Crippen molar-refractivity contribution >= 4 is 5.97 Å². The molecule has 4 nitrogen and oxygen atoms in total. The van der Waals surface area contributed by atoms with E-state index in [0.29, 0.717) is 6.61 Å². The van der Waals surface area contributed by atoms with Crippen LogP contribution in [0.2, 0.25) is 0 Å². The van der Waals surface area contributed by atoms with Crippen molar-refractivity contribution in [3.05, 3.63) is 0 Å². The average molecular weight is 233 g/mol. The Bertz CT molecular complexity index is 303. The minimum Gasteiger partial charge on any atom is -0.462 e. The summed E-state index contributed by atoms with van der Waals surface area (Å²) < 4.78 is 34.3. The molecular weight excluding hydrogens is 220 g/mol. The van der Waals surface area contributed by atoms with Crippen molar-refractivity contribution in [2.45, 2.75) is 19.8 Å². The molecule has 0 aromatic carbocycles. The number of esters is 1. The van der Waals surface area contributed by atoms with Gasteiger partial charge in [-0.1, -0.05) is 0 Å². The van der Waals surface area contributed by atoms with Crippen LogP contribution in [0.1, 0.15) is 13.3 Å².